The summed E-state index contributed by atoms with van der Waals surface area (Å²) in [5.41, 5.74) is 4.33. The maximum absolute atomic E-state index is 13.5. The van der Waals surface area contributed by atoms with Gasteiger partial charge in [-0.05, 0) is 43.5 Å². The molecular weight excluding hydrogens is 462 g/mol. The molecule has 180 valence electrons. The molecule has 1 N–H and O–H groups in total. The number of nitrogens with one attached hydrogen (secondary N) is 1. The Kier molecular flexibility index (Phi) is 6.25. The molecule has 0 spiro atoms. The number of rotatable bonds is 6. The molecule has 3 heterocycles. The number of para-hydroxylation sites is 1. The summed E-state index contributed by atoms with van der Waals surface area (Å²) in [6, 6.07) is 13.4. The first-order valence-corrected chi connectivity index (χ1v) is 12.6. The molecule has 5 rings (SSSR count). The molecule has 1 aromatic heterocycles. The van der Waals surface area contributed by atoms with Gasteiger partial charge in [-0.3, -0.25) is 14.6 Å². The van der Waals surface area contributed by atoms with Gasteiger partial charge in [0.25, 0.3) is 11.8 Å². The van der Waals surface area contributed by atoms with Gasteiger partial charge in [0.15, 0.2) is 12.3 Å². The van der Waals surface area contributed by atoms with Gasteiger partial charge in [0, 0.05) is 29.6 Å². The quantitative estimate of drug-likeness (QED) is 0.565. The zero-order valence-electron chi connectivity index (χ0n) is 19.9. The number of ether oxygens (including phenoxy) is 1. The van der Waals surface area contributed by atoms with Crippen LogP contribution in [-0.4, -0.2) is 41.9 Å². The summed E-state index contributed by atoms with van der Waals surface area (Å²) >= 11 is 1.46. The fourth-order valence-corrected chi connectivity index (χ4v) is 5.04. The summed E-state index contributed by atoms with van der Waals surface area (Å²) < 4.78 is 7.23. The summed E-state index contributed by atoms with van der Waals surface area (Å²) in [7, 11) is 0. The van der Waals surface area contributed by atoms with Crippen LogP contribution in [0.4, 0.5) is 11.4 Å². The second kappa shape index (κ2) is 9.50. The van der Waals surface area contributed by atoms with Crippen LogP contribution in [0.25, 0.3) is 11.3 Å². The van der Waals surface area contributed by atoms with E-state index in [9.17, 15) is 9.59 Å². The highest BCUT2D eigenvalue weighted by atomic mass is 32.1. The number of thiazole rings is 1. The number of nitrogens with zero attached hydrogens (tertiary/aromatic N) is 4. The number of benzene rings is 2. The van der Waals surface area contributed by atoms with E-state index in [4.69, 9.17) is 9.84 Å². The predicted octanol–water partition coefficient (Wildman–Crippen LogP) is 4.11. The molecule has 2 amide bonds. The van der Waals surface area contributed by atoms with Crippen LogP contribution in [0.2, 0.25) is 0 Å². The van der Waals surface area contributed by atoms with Crippen molar-refractivity contribution in [2.75, 3.05) is 29.9 Å². The van der Waals surface area contributed by atoms with Gasteiger partial charge in [-0.2, -0.15) is 5.10 Å². The minimum absolute atomic E-state index is 0.00675. The Labute approximate surface area is 207 Å². The Morgan fingerprint density at radius 3 is 2.80 bits per heavy atom. The van der Waals surface area contributed by atoms with Crippen LogP contribution in [0, 0.1) is 5.92 Å². The third kappa shape index (κ3) is 4.39. The van der Waals surface area contributed by atoms with E-state index in [2.05, 4.69) is 24.2 Å². The fourth-order valence-electron chi connectivity index (χ4n) is 4.15. The SMILES string of the molecule is CCN=c1scc(-c2ccc3c(c2)NC(=O)CO3)n1N=C1C(=O)N(CCC(C)C)c2ccccc21. The predicted molar refractivity (Wildman–Crippen MR) is 138 cm³/mol. The van der Waals surface area contributed by atoms with Crippen molar-refractivity contribution in [3.05, 3.63) is 58.2 Å². The van der Waals surface area contributed by atoms with Crippen molar-refractivity contribution in [3.8, 4) is 17.0 Å². The first-order chi connectivity index (χ1) is 17.0. The minimum atomic E-state index is -0.190. The number of fused-ring (bicyclic) bond motifs is 2. The van der Waals surface area contributed by atoms with Crippen molar-refractivity contribution < 1.29 is 14.3 Å². The molecular formula is C26H27N5O3S. The Balaban J connectivity index is 1.62. The van der Waals surface area contributed by atoms with E-state index in [1.54, 1.807) is 4.68 Å². The van der Waals surface area contributed by atoms with Crippen LogP contribution in [-0.2, 0) is 9.59 Å². The zero-order chi connectivity index (χ0) is 24.5. The van der Waals surface area contributed by atoms with Crippen molar-refractivity contribution in [1.82, 2.24) is 4.68 Å². The Bertz CT molecular complexity index is 1400. The number of hydrogen-bond acceptors (Lipinski definition) is 6. The van der Waals surface area contributed by atoms with E-state index >= 15 is 0 Å². The standard InChI is InChI=1S/C26H27N5O3S/c1-4-27-26-31(21(15-35-26)17-9-10-22-19(13-17)28-23(32)14-34-22)29-24-18-7-5-6-8-20(18)30(25(24)33)12-11-16(2)3/h5-10,13,15-16H,4,11-12,14H2,1-3H3,(H,28,32). The van der Waals surface area contributed by atoms with Crippen LogP contribution >= 0.6 is 11.3 Å². The Morgan fingerprint density at radius 1 is 1.17 bits per heavy atom. The Morgan fingerprint density at radius 2 is 2.00 bits per heavy atom. The molecule has 0 unspecified atom stereocenters. The molecule has 0 aliphatic carbocycles. The first kappa shape index (κ1) is 23.0. The summed E-state index contributed by atoms with van der Waals surface area (Å²) in [5.74, 6) is 0.812. The second-order valence-electron chi connectivity index (χ2n) is 8.84. The number of aromatic nitrogens is 1. The van der Waals surface area contributed by atoms with Gasteiger partial charge in [0.1, 0.15) is 5.75 Å². The number of carbonyl (C=O) groups is 2. The first-order valence-electron chi connectivity index (χ1n) is 11.7. The van der Waals surface area contributed by atoms with Crippen LogP contribution in [0.15, 0.2) is 57.9 Å². The normalized spacial score (nSPS) is 16.5. The largest absolute Gasteiger partial charge is 0.482 e. The molecule has 0 radical (unpaired) electrons. The van der Waals surface area contributed by atoms with Crippen LogP contribution in [0.5, 0.6) is 5.75 Å². The minimum Gasteiger partial charge on any atom is -0.482 e. The maximum atomic E-state index is 13.5. The summed E-state index contributed by atoms with van der Waals surface area (Å²) in [6.45, 7) is 7.51. The lowest BCUT2D eigenvalue weighted by Crippen LogP contribution is -2.32. The topological polar surface area (TPSA) is 88.3 Å². The average Bonchev–Trinajstić information content (AvgIpc) is 3.36. The second-order valence-corrected chi connectivity index (χ2v) is 9.68. The monoisotopic (exact) mass is 489 g/mol. The molecule has 9 heteroatoms. The summed E-state index contributed by atoms with van der Waals surface area (Å²) in [5, 5.41) is 9.70. The zero-order valence-corrected chi connectivity index (χ0v) is 20.8. The van der Waals surface area contributed by atoms with Crippen LogP contribution in [0.1, 0.15) is 32.8 Å². The van der Waals surface area contributed by atoms with Crippen molar-refractivity contribution in [2.24, 2.45) is 16.0 Å². The fraction of sp³-hybridized carbons (Fsp3) is 0.308. The highest BCUT2D eigenvalue weighted by Gasteiger charge is 2.34. The smallest absolute Gasteiger partial charge is 0.279 e. The summed E-state index contributed by atoms with van der Waals surface area (Å²) in [4.78, 5) is 32.5. The molecule has 8 nitrogen and oxygen atoms in total. The van der Waals surface area contributed by atoms with Gasteiger partial charge >= 0.3 is 0 Å². The lowest BCUT2D eigenvalue weighted by Gasteiger charge is -2.18. The molecule has 3 aromatic rings. The van der Waals surface area contributed by atoms with Gasteiger partial charge in [-0.15, -0.1) is 11.3 Å². The van der Waals surface area contributed by atoms with Crippen LogP contribution < -0.4 is 19.8 Å². The van der Waals surface area contributed by atoms with Crippen molar-refractivity contribution >= 4 is 40.2 Å². The molecule has 0 bridgehead atoms. The highest BCUT2D eigenvalue weighted by Crippen LogP contribution is 2.34. The van der Waals surface area contributed by atoms with E-state index in [1.807, 2.05) is 59.7 Å². The molecule has 35 heavy (non-hydrogen) atoms. The number of carbonyl (C=O) groups excluding carboxylic acids is 2. The highest BCUT2D eigenvalue weighted by molar-refractivity contribution is 7.07. The number of anilines is 2. The van der Waals surface area contributed by atoms with Gasteiger partial charge in [0.2, 0.25) is 4.80 Å². The lowest BCUT2D eigenvalue weighted by atomic mass is 10.1. The number of hydrogen-bond donors (Lipinski definition) is 1. The van der Waals surface area contributed by atoms with Crippen molar-refractivity contribution in [1.29, 1.82) is 0 Å². The van der Waals surface area contributed by atoms with E-state index in [0.29, 0.717) is 41.0 Å². The molecule has 0 saturated carbocycles. The molecule has 0 fully saturated rings. The molecule has 2 aromatic carbocycles. The van der Waals surface area contributed by atoms with Crippen LogP contribution in [0.3, 0.4) is 0 Å². The van der Waals surface area contributed by atoms with E-state index < -0.39 is 0 Å². The molecule has 2 aliphatic heterocycles. The van der Waals surface area contributed by atoms with Gasteiger partial charge in [0.05, 0.1) is 17.1 Å². The van der Waals surface area contributed by atoms with E-state index in [0.717, 1.165) is 28.9 Å². The lowest BCUT2D eigenvalue weighted by molar-refractivity contribution is -0.118. The van der Waals surface area contributed by atoms with E-state index in [-0.39, 0.29) is 18.4 Å². The van der Waals surface area contributed by atoms with Gasteiger partial charge in [-0.1, -0.05) is 32.0 Å². The van der Waals surface area contributed by atoms with Gasteiger partial charge < -0.3 is 15.0 Å². The van der Waals surface area contributed by atoms with Gasteiger partial charge in [-0.25, -0.2) is 4.68 Å². The summed E-state index contributed by atoms with van der Waals surface area (Å²) in [6.07, 6.45) is 0.906. The van der Waals surface area contributed by atoms with Crippen molar-refractivity contribution in [2.45, 2.75) is 27.2 Å². The molecule has 0 atom stereocenters. The average molecular weight is 490 g/mol. The molecule has 0 saturated heterocycles. The Hall–Kier alpha value is -3.72. The van der Waals surface area contributed by atoms with Crippen molar-refractivity contribution in [3.63, 3.8) is 0 Å². The number of amides is 2. The third-order valence-electron chi connectivity index (χ3n) is 5.91. The third-order valence-corrected chi connectivity index (χ3v) is 6.77. The maximum Gasteiger partial charge on any atom is 0.279 e. The molecule has 2 aliphatic rings. The van der Waals surface area contributed by atoms with E-state index in [1.165, 1.54) is 11.3 Å².